The lowest BCUT2D eigenvalue weighted by Crippen LogP contribution is -2.51. The lowest BCUT2D eigenvalue weighted by Gasteiger charge is -2.27. The molecular formula is C12H16BrClN2O. The molecule has 0 aromatic heterocycles. The van der Waals surface area contributed by atoms with Gasteiger partial charge >= 0.3 is 0 Å². The Labute approximate surface area is 116 Å². The molecule has 0 aliphatic carbocycles. The average molecular weight is 320 g/mol. The first-order chi connectivity index (χ1) is 7.68. The number of halogens is 2. The molecule has 1 unspecified atom stereocenters. The first-order valence-electron chi connectivity index (χ1n) is 5.44. The highest BCUT2D eigenvalue weighted by Crippen LogP contribution is 2.23. The van der Waals surface area contributed by atoms with Gasteiger partial charge in [-0.25, -0.2) is 0 Å². The molecule has 1 fully saturated rings. The molecular weight excluding hydrogens is 304 g/mol. The molecule has 2 rings (SSSR count). The first kappa shape index (κ1) is 14.5. The van der Waals surface area contributed by atoms with E-state index in [1.54, 1.807) is 0 Å². The van der Waals surface area contributed by atoms with Crippen LogP contribution in [0.15, 0.2) is 28.7 Å². The molecule has 0 bridgehead atoms. The van der Waals surface area contributed by atoms with Crippen molar-refractivity contribution in [3.8, 4) is 0 Å². The molecule has 5 heteroatoms. The van der Waals surface area contributed by atoms with Crippen molar-refractivity contribution in [1.82, 2.24) is 10.6 Å². The zero-order chi connectivity index (χ0) is 11.5. The number of amides is 1. The van der Waals surface area contributed by atoms with Gasteiger partial charge in [-0.1, -0.05) is 34.1 Å². The second-order valence-corrected chi connectivity index (χ2v) is 4.96. The maximum Gasteiger partial charge on any atom is 0.226 e. The molecule has 0 saturated carbocycles. The Morgan fingerprint density at radius 3 is 2.65 bits per heavy atom. The van der Waals surface area contributed by atoms with Crippen molar-refractivity contribution in [3.63, 3.8) is 0 Å². The monoisotopic (exact) mass is 318 g/mol. The van der Waals surface area contributed by atoms with Gasteiger partial charge in [0.25, 0.3) is 0 Å². The Balaban J connectivity index is 0.00000144. The largest absolute Gasteiger partial charge is 0.349 e. The fourth-order valence-electron chi connectivity index (χ4n) is 1.71. The molecule has 0 spiro atoms. The van der Waals surface area contributed by atoms with Crippen LogP contribution in [0, 0.1) is 5.92 Å². The predicted octanol–water partition coefficient (Wildman–Crippen LogP) is 2.27. The van der Waals surface area contributed by atoms with Crippen LogP contribution in [0.4, 0.5) is 0 Å². The summed E-state index contributed by atoms with van der Waals surface area (Å²) in [5.74, 6) is 0.284. The van der Waals surface area contributed by atoms with Crippen LogP contribution in [-0.2, 0) is 4.79 Å². The third-order valence-corrected chi connectivity index (χ3v) is 3.60. The Hall–Kier alpha value is -0.580. The van der Waals surface area contributed by atoms with Gasteiger partial charge in [0.2, 0.25) is 5.91 Å². The molecule has 1 atom stereocenters. The van der Waals surface area contributed by atoms with Crippen molar-refractivity contribution in [1.29, 1.82) is 0 Å². The number of carbonyl (C=O) groups is 1. The topological polar surface area (TPSA) is 41.1 Å². The van der Waals surface area contributed by atoms with E-state index >= 15 is 0 Å². The Bertz CT molecular complexity index is 396. The minimum absolute atomic E-state index is 0. The van der Waals surface area contributed by atoms with E-state index in [2.05, 4.69) is 26.6 Å². The van der Waals surface area contributed by atoms with E-state index in [4.69, 9.17) is 0 Å². The number of hydrogen-bond acceptors (Lipinski definition) is 2. The third-order valence-electron chi connectivity index (χ3n) is 2.88. The highest BCUT2D eigenvalue weighted by Gasteiger charge is 2.26. The van der Waals surface area contributed by atoms with Crippen LogP contribution in [0.3, 0.4) is 0 Å². The molecule has 1 aromatic carbocycles. The molecule has 1 aliphatic rings. The SMILES string of the molecule is CC(NC(=O)C1CNC1)c1ccccc1Br.Cl. The lowest BCUT2D eigenvalue weighted by molar-refractivity contribution is -0.127. The van der Waals surface area contributed by atoms with Crippen LogP contribution in [0.1, 0.15) is 18.5 Å². The quantitative estimate of drug-likeness (QED) is 0.897. The van der Waals surface area contributed by atoms with Gasteiger partial charge in [0.15, 0.2) is 0 Å². The van der Waals surface area contributed by atoms with Crippen molar-refractivity contribution in [3.05, 3.63) is 34.3 Å². The zero-order valence-corrected chi connectivity index (χ0v) is 12.0. The van der Waals surface area contributed by atoms with Crippen LogP contribution >= 0.6 is 28.3 Å². The van der Waals surface area contributed by atoms with E-state index < -0.39 is 0 Å². The van der Waals surface area contributed by atoms with Gasteiger partial charge in [-0.05, 0) is 18.6 Å². The van der Waals surface area contributed by atoms with E-state index in [-0.39, 0.29) is 30.3 Å². The first-order valence-corrected chi connectivity index (χ1v) is 6.23. The van der Waals surface area contributed by atoms with Crippen molar-refractivity contribution >= 4 is 34.2 Å². The number of nitrogens with one attached hydrogen (secondary N) is 2. The second kappa shape index (κ2) is 6.38. The van der Waals surface area contributed by atoms with Gasteiger partial charge < -0.3 is 10.6 Å². The number of rotatable bonds is 3. The summed E-state index contributed by atoms with van der Waals surface area (Å²) in [7, 11) is 0. The standard InChI is InChI=1S/C12H15BrN2O.ClH/c1-8(10-4-2-3-5-11(10)13)15-12(16)9-6-14-7-9;/h2-5,8-9,14H,6-7H2,1H3,(H,15,16);1H. The summed E-state index contributed by atoms with van der Waals surface area (Å²) in [6.07, 6.45) is 0. The Morgan fingerprint density at radius 2 is 2.12 bits per heavy atom. The maximum absolute atomic E-state index is 11.8. The zero-order valence-electron chi connectivity index (χ0n) is 9.57. The van der Waals surface area contributed by atoms with Crippen molar-refractivity contribution in [2.24, 2.45) is 5.92 Å². The van der Waals surface area contributed by atoms with E-state index in [9.17, 15) is 4.79 Å². The molecule has 2 N–H and O–H groups in total. The fraction of sp³-hybridized carbons (Fsp3) is 0.417. The molecule has 1 aromatic rings. The summed E-state index contributed by atoms with van der Waals surface area (Å²) < 4.78 is 1.04. The molecule has 1 saturated heterocycles. The summed E-state index contributed by atoms with van der Waals surface area (Å²) in [6.45, 7) is 3.60. The summed E-state index contributed by atoms with van der Waals surface area (Å²) in [5, 5.41) is 6.13. The van der Waals surface area contributed by atoms with Crippen LogP contribution in [0.5, 0.6) is 0 Å². The van der Waals surface area contributed by atoms with Crippen LogP contribution in [0.2, 0.25) is 0 Å². The van der Waals surface area contributed by atoms with E-state index in [1.165, 1.54) is 0 Å². The highest BCUT2D eigenvalue weighted by molar-refractivity contribution is 9.10. The normalized spacial score (nSPS) is 16.6. The van der Waals surface area contributed by atoms with Crippen LogP contribution in [0.25, 0.3) is 0 Å². The second-order valence-electron chi connectivity index (χ2n) is 4.11. The third kappa shape index (κ3) is 3.44. The van der Waals surface area contributed by atoms with E-state index in [1.807, 2.05) is 31.2 Å². The van der Waals surface area contributed by atoms with Gasteiger partial charge in [0.1, 0.15) is 0 Å². The van der Waals surface area contributed by atoms with Gasteiger partial charge in [-0.15, -0.1) is 12.4 Å². The molecule has 0 radical (unpaired) electrons. The smallest absolute Gasteiger partial charge is 0.226 e. The summed E-state index contributed by atoms with van der Waals surface area (Å²) >= 11 is 3.49. The molecule has 1 heterocycles. The maximum atomic E-state index is 11.8. The molecule has 1 amide bonds. The summed E-state index contributed by atoms with van der Waals surface area (Å²) in [6, 6.07) is 8.01. The molecule has 1 aliphatic heterocycles. The minimum atomic E-state index is 0. The fourth-order valence-corrected chi connectivity index (χ4v) is 2.34. The van der Waals surface area contributed by atoms with E-state index in [0.29, 0.717) is 0 Å². The highest BCUT2D eigenvalue weighted by atomic mass is 79.9. The predicted molar refractivity (Wildman–Crippen MR) is 74.3 cm³/mol. The number of hydrogen-bond donors (Lipinski definition) is 2. The minimum Gasteiger partial charge on any atom is -0.349 e. The van der Waals surface area contributed by atoms with Crippen LogP contribution < -0.4 is 10.6 Å². The van der Waals surface area contributed by atoms with Gasteiger partial charge in [0.05, 0.1) is 12.0 Å². The van der Waals surface area contributed by atoms with Gasteiger partial charge in [0, 0.05) is 17.6 Å². The van der Waals surface area contributed by atoms with Crippen molar-refractivity contribution in [2.45, 2.75) is 13.0 Å². The summed E-state index contributed by atoms with van der Waals surface area (Å²) in [5.41, 5.74) is 1.11. The number of benzene rings is 1. The molecule has 17 heavy (non-hydrogen) atoms. The Morgan fingerprint density at radius 1 is 1.47 bits per heavy atom. The van der Waals surface area contributed by atoms with Gasteiger partial charge in [-0.3, -0.25) is 4.79 Å². The lowest BCUT2D eigenvalue weighted by atomic mass is 10.0. The Kier molecular flexibility index (Phi) is 5.43. The van der Waals surface area contributed by atoms with Crippen molar-refractivity contribution in [2.75, 3.05) is 13.1 Å². The summed E-state index contributed by atoms with van der Waals surface area (Å²) in [4.78, 5) is 11.8. The number of carbonyl (C=O) groups excluding carboxylic acids is 1. The van der Waals surface area contributed by atoms with Crippen LogP contribution in [-0.4, -0.2) is 19.0 Å². The van der Waals surface area contributed by atoms with Crippen molar-refractivity contribution < 1.29 is 4.79 Å². The molecule has 3 nitrogen and oxygen atoms in total. The molecule has 94 valence electrons. The average Bonchev–Trinajstić information content (AvgIpc) is 2.15. The van der Waals surface area contributed by atoms with E-state index in [0.717, 1.165) is 23.1 Å². The van der Waals surface area contributed by atoms with Gasteiger partial charge in [-0.2, -0.15) is 0 Å².